The third-order valence-corrected chi connectivity index (χ3v) is 4.35. The lowest BCUT2D eigenvalue weighted by atomic mass is 10.00. The summed E-state index contributed by atoms with van der Waals surface area (Å²) in [4.78, 5) is 22.9. The smallest absolute Gasteiger partial charge is 0.262 e. The Bertz CT molecular complexity index is 710. The molecule has 0 radical (unpaired) electrons. The van der Waals surface area contributed by atoms with Gasteiger partial charge in [-0.1, -0.05) is 19.1 Å². The summed E-state index contributed by atoms with van der Waals surface area (Å²) in [6, 6.07) is 7.60. The fourth-order valence-electron chi connectivity index (χ4n) is 2.81. The topological polar surface area (TPSA) is 67.3 Å². The molecule has 6 heteroatoms. The molecule has 0 atom stereocenters. The first-order valence-electron chi connectivity index (χ1n) is 8.66. The van der Waals surface area contributed by atoms with Gasteiger partial charge in [-0.2, -0.15) is 0 Å². The zero-order chi connectivity index (χ0) is 17.6. The molecule has 2 aromatic rings. The maximum atomic E-state index is 12.0. The van der Waals surface area contributed by atoms with Crippen LogP contribution in [0.2, 0.25) is 0 Å². The van der Waals surface area contributed by atoms with E-state index in [1.54, 1.807) is 12.4 Å². The molecule has 0 unspecified atom stereocenters. The van der Waals surface area contributed by atoms with Crippen molar-refractivity contribution in [2.75, 3.05) is 29.9 Å². The van der Waals surface area contributed by atoms with Gasteiger partial charge in [-0.3, -0.25) is 4.79 Å². The molecule has 0 bridgehead atoms. The van der Waals surface area contributed by atoms with Crippen molar-refractivity contribution in [1.29, 1.82) is 0 Å². The fraction of sp³-hybridized carbons (Fsp3) is 0.421. The van der Waals surface area contributed by atoms with Crippen LogP contribution in [-0.4, -0.2) is 35.6 Å². The van der Waals surface area contributed by atoms with Crippen molar-refractivity contribution < 1.29 is 9.53 Å². The zero-order valence-corrected chi connectivity index (χ0v) is 14.7. The van der Waals surface area contributed by atoms with Crippen LogP contribution in [0.1, 0.15) is 25.3 Å². The van der Waals surface area contributed by atoms with Crippen LogP contribution in [0.15, 0.2) is 36.7 Å². The van der Waals surface area contributed by atoms with Gasteiger partial charge in [-0.25, -0.2) is 9.97 Å². The van der Waals surface area contributed by atoms with E-state index in [2.05, 4.69) is 27.1 Å². The summed E-state index contributed by atoms with van der Waals surface area (Å²) < 4.78 is 5.49. The minimum atomic E-state index is -0.232. The molecule has 0 aliphatic carbocycles. The predicted molar refractivity (Wildman–Crippen MR) is 97.9 cm³/mol. The van der Waals surface area contributed by atoms with Gasteiger partial charge in [0.1, 0.15) is 5.75 Å². The number of benzene rings is 1. The molecular weight excluding hydrogens is 316 g/mol. The Kier molecular flexibility index (Phi) is 5.48. The van der Waals surface area contributed by atoms with E-state index >= 15 is 0 Å². The lowest BCUT2D eigenvalue weighted by Gasteiger charge is -2.30. The van der Waals surface area contributed by atoms with Crippen LogP contribution in [0.5, 0.6) is 5.75 Å². The normalized spacial score (nSPS) is 15.0. The molecule has 132 valence electrons. The standard InChI is InChI=1S/C19H24N4O2/c1-14-6-8-23(9-7-14)19-20-11-16(12-21-19)22-18(24)13-25-17-5-3-4-15(2)10-17/h3-5,10-12,14H,6-9,13H2,1-2H3,(H,22,24). The van der Waals surface area contributed by atoms with Gasteiger partial charge in [0.2, 0.25) is 5.95 Å². The van der Waals surface area contributed by atoms with Crippen LogP contribution in [0.25, 0.3) is 0 Å². The number of rotatable bonds is 5. The maximum absolute atomic E-state index is 12.0. The molecule has 2 heterocycles. The van der Waals surface area contributed by atoms with Crippen molar-refractivity contribution in [1.82, 2.24) is 9.97 Å². The summed E-state index contributed by atoms with van der Waals surface area (Å²) >= 11 is 0. The minimum Gasteiger partial charge on any atom is -0.484 e. The number of anilines is 2. The first-order valence-corrected chi connectivity index (χ1v) is 8.66. The molecule has 1 aliphatic rings. The van der Waals surface area contributed by atoms with E-state index in [1.165, 1.54) is 0 Å². The highest BCUT2D eigenvalue weighted by Crippen LogP contribution is 2.20. The number of ether oxygens (including phenoxy) is 1. The molecule has 1 fully saturated rings. The van der Waals surface area contributed by atoms with Crippen molar-refractivity contribution in [3.05, 3.63) is 42.2 Å². The van der Waals surface area contributed by atoms with Crippen molar-refractivity contribution in [3.8, 4) is 5.75 Å². The molecule has 3 rings (SSSR count). The van der Waals surface area contributed by atoms with E-state index in [4.69, 9.17) is 4.74 Å². The van der Waals surface area contributed by atoms with E-state index in [0.29, 0.717) is 11.4 Å². The van der Waals surface area contributed by atoms with Crippen molar-refractivity contribution in [3.63, 3.8) is 0 Å². The molecule has 1 N–H and O–H groups in total. The Morgan fingerprint density at radius 3 is 2.68 bits per heavy atom. The van der Waals surface area contributed by atoms with Crippen LogP contribution in [0.3, 0.4) is 0 Å². The summed E-state index contributed by atoms with van der Waals surface area (Å²) in [7, 11) is 0. The maximum Gasteiger partial charge on any atom is 0.262 e. The second kappa shape index (κ2) is 7.96. The van der Waals surface area contributed by atoms with E-state index in [-0.39, 0.29) is 12.5 Å². The Hall–Kier alpha value is -2.63. The molecule has 0 saturated carbocycles. The number of piperidine rings is 1. The molecule has 0 spiro atoms. The number of aromatic nitrogens is 2. The fourth-order valence-corrected chi connectivity index (χ4v) is 2.81. The second-order valence-electron chi connectivity index (χ2n) is 6.59. The van der Waals surface area contributed by atoms with Gasteiger partial charge in [0, 0.05) is 13.1 Å². The highest BCUT2D eigenvalue weighted by molar-refractivity contribution is 5.91. The molecule has 1 aliphatic heterocycles. The number of nitrogens with zero attached hydrogens (tertiary/aromatic N) is 3. The van der Waals surface area contributed by atoms with Crippen LogP contribution in [0.4, 0.5) is 11.6 Å². The van der Waals surface area contributed by atoms with Gasteiger partial charge >= 0.3 is 0 Å². The van der Waals surface area contributed by atoms with Gasteiger partial charge in [0.25, 0.3) is 5.91 Å². The number of carbonyl (C=O) groups is 1. The summed E-state index contributed by atoms with van der Waals surface area (Å²) in [5.41, 5.74) is 1.67. The Morgan fingerprint density at radius 2 is 2.00 bits per heavy atom. The van der Waals surface area contributed by atoms with E-state index in [0.717, 1.165) is 43.4 Å². The SMILES string of the molecule is Cc1cccc(OCC(=O)Nc2cnc(N3CCC(C)CC3)nc2)c1. The first kappa shape index (κ1) is 17.2. The number of amides is 1. The molecule has 25 heavy (non-hydrogen) atoms. The molecule has 6 nitrogen and oxygen atoms in total. The summed E-state index contributed by atoms with van der Waals surface area (Å²) in [5, 5.41) is 2.76. The molecule has 1 aromatic carbocycles. The summed E-state index contributed by atoms with van der Waals surface area (Å²) in [6.07, 6.45) is 5.62. The van der Waals surface area contributed by atoms with Crippen LogP contribution in [0, 0.1) is 12.8 Å². The quantitative estimate of drug-likeness (QED) is 0.906. The van der Waals surface area contributed by atoms with Crippen molar-refractivity contribution >= 4 is 17.5 Å². The summed E-state index contributed by atoms with van der Waals surface area (Å²) in [5.74, 6) is 1.94. The van der Waals surface area contributed by atoms with Gasteiger partial charge < -0.3 is 15.0 Å². The van der Waals surface area contributed by atoms with Crippen molar-refractivity contribution in [2.24, 2.45) is 5.92 Å². The Balaban J connectivity index is 1.50. The number of hydrogen-bond acceptors (Lipinski definition) is 5. The highest BCUT2D eigenvalue weighted by atomic mass is 16.5. The minimum absolute atomic E-state index is 0.0464. The van der Waals surface area contributed by atoms with Gasteiger partial charge in [-0.05, 0) is 43.4 Å². The molecule has 1 aromatic heterocycles. The van der Waals surface area contributed by atoms with E-state index in [9.17, 15) is 4.79 Å². The number of hydrogen-bond donors (Lipinski definition) is 1. The lowest BCUT2D eigenvalue weighted by Crippen LogP contribution is -2.34. The third-order valence-electron chi connectivity index (χ3n) is 4.35. The largest absolute Gasteiger partial charge is 0.484 e. The Morgan fingerprint density at radius 1 is 1.28 bits per heavy atom. The van der Waals surface area contributed by atoms with Crippen molar-refractivity contribution in [2.45, 2.75) is 26.7 Å². The van der Waals surface area contributed by atoms with Gasteiger partial charge in [-0.15, -0.1) is 0 Å². The second-order valence-corrected chi connectivity index (χ2v) is 6.59. The average Bonchev–Trinajstić information content (AvgIpc) is 2.62. The monoisotopic (exact) mass is 340 g/mol. The van der Waals surface area contributed by atoms with Gasteiger partial charge in [0.15, 0.2) is 6.61 Å². The van der Waals surface area contributed by atoms with E-state index in [1.807, 2.05) is 31.2 Å². The number of aryl methyl sites for hydroxylation is 1. The van der Waals surface area contributed by atoms with Crippen LogP contribution >= 0.6 is 0 Å². The number of carbonyl (C=O) groups excluding carboxylic acids is 1. The lowest BCUT2D eigenvalue weighted by molar-refractivity contribution is -0.118. The number of nitrogens with one attached hydrogen (secondary N) is 1. The molecule has 1 saturated heterocycles. The van der Waals surface area contributed by atoms with E-state index < -0.39 is 0 Å². The Labute approximate surface area is 148 Å². The van der Waals surface area contributed by atoms with Crippen LogP contribution in [-0.2, 0) is 4.79 Å². The molecular formula is C19H24N4O2. The third kappa shape index (κ3) is 4.92. The highest BCUT2D eigenvalue weighted by Gasteiger charge is 2.17. The zero-order valence-electron chi connectivity index (χ0n) is 14.7. The summed E-state index contributed by atoms with van der Waals surface area (Å²) in [6.45, 7) is 6.17. The predicted octanol–water partition coefficient (Wildman–Crippen LogP) is 3.04. The average molecular weight is 340 g/mol. The van der Waals surface area contributed by atoms with Crippen LogP contribution < -0.4 is 15.0 Å². The molecule has 1 amide bonds. The van der Waals surface area contributed by atoms with Gasteiger partial charge in [0.05, 0.1) is 18.1 Å². The first-order chi connectivity index (χ1) is 12.1.